The van der Waals surface area contributed by atoms with Gasteiger partial charge in [0, 0.05) is 53.9 Å². The van der Waals surface area contributed by atoms with E-state index in [1.165, 1.54) is 0 Å². The van der Waals surface area contributed by atoms with Gasteiger partial charge < -0.3 is 14.3 Å². The van der Waals surface area contributed by atoms with Crippen molar-refractivity contribution in [3.05, 3.63) is 79.4 Å². The van der Waals surface area contributed by atoms with Gasteiger partial charge >= 0.3 is 0 Å². The van der Waals surface area contributed by atoms with Crippen LogP contribution in [0.2, 0.25) is 0 Å². The monoisotopic (exact) mass is 339 g/mol. The van der Waals surface area contributed by atoms with E-state index in [9.17, 15) is 0 Å². The molecule has 2 aromatic carbocycles. The van der Waals surface area contributed by atoms with Crippen molar-refractivity contribution in [2.45, 2.75) is 0 Å². The summed E-state index contributed by atoms with van der Waals surface area (Å²) in [6, 6.07) is 18.6. The fraction of sp³-hybridized carbons (Fsp3) is 0.0455. The molecule has 1 N–H and O–H groups in total. The minimum atomic E-state index is 0.839. The molecule has 26 heavy (non-hydrogen) atoms. The average Bonchev–Trinajstić information content (AvgIpc) is 3.36. The number of aromatic amines is 1. The van der Waals surface area contributed by atoms with Gasteiger partial charge in [0.25, 0.3) is 0 Å². The van der Waals surface area contributed by atoms with Crippen LogP contribution in [0.3, 0.4) is 0 Å². The second kappa shape index (κ2) is 5.77. The largest absolute Gasteiger partial charge is 0.456 e. The van der Waals surface area contributed by atoms with Crippen molar-refractivity contribution in [2.75, 3.05) is 11.9 Å². The highest BCUT2D eigenvalue weighted by Crippen LogP contribution is 2.35. The summed E-state index contributed by atoms with van der Waals surface area (Å²) in [4.78, 5) is 9.66. The highest BCUT2D eigenvalue weighted by atomic mass is 16.3. The molecular formula is C22H17N3O. The molecular weight excluding hydrogens is 322 g/mol. The SMILES string of the molecule is CN(c1cc[nH]c1)c1ccc2cncc(-c3cc4ccccc4o3)c2c1. The van der Waals surface area contributed by atoms with Gasteiger partial charge in [0.1, 0.15) is 11.3 Å². The van der Waals surface area contributed by atoms with Crippen molar-refractivity contribution in [3.63, 3.8) is 0 Å². The summed E-state index contributed by atoms with van der Waals surface area (Å²) in [5.41, 5.74) is 4.12. The molecule has 0 saturated heterocycles. The molecule has 5 aromatic rings. The Morgan fingerprint density at radius 2 is 1.85 bits per heavy atom. The number of aromatic nitrogens is 2. The van der Waals surface area contributed by atoms with E-state index >= 15 is 0 Å². The zero-order valence-corrected chi connectivity index (χ0v) is 14.3. The maximum absolute atomic E-state index is 6.08. The first-order valence-electron chi connectivity index (χ1n) is 8.53. The van der Waals surface area contributed by atoms with Crippen LogP contribution in [-0.4, -0.2) is 17.0 Å². The highest BCUT2D eigenvalue weighted by molar-refractivity contribution is 5.98. The molecule has 0 aliphatic heterocycles. The maximum Gasteiger partial charge on any atom is 0.137 e. The zero-order valence-electron chi connectivity index (χ0n) is 14.3. The number of H-pyrrole nitrogens is 1. The number of pyridine rings is 1. The van der Waals surface area contributed by atoms with Crippen LogP contribution < -0.4 is 4.90 Å². The van der Waals surface area contributed by atoms with Crippen LogP contribution in [0.25, 0.3) is 33.1 Å². The first-order valence-corrected chi connectivity index (χ1v) is 8.53. The van der Waals surface area contributed by atoms with Gasteiger partial charge in [-0.25, -0.2) is 0 Å². The molecule has 4 nitrogen and oxygen atoms in total. The van der Waals surface area contributed by atoms with Crippen molar-refractivity contribution >= 4 is 33.1 Å². The lowest BCUT2D eigenvalue weighted by Crippen LogP contribution is -2.08. The van der Waals surface area contributed by atoms with Gasteiger partial charge in [-0.15, -0.1) is 0 Å². The molecule has 0 fully saturated rings. The number of benzene rings is 2. The number of para-hydroxylation sites is 1. The van der Waals surface area contributed by atoms with Crippen LogP contribution in [0.5, 0.6) is 0 Å². The summed E-state index contributed by atoms with van der Waals surface area (Å²) >= 11 is 0. The molecule has 0 bridgehead atoms. The van der Waals surface area contributed by atoms with Crippen molar-refractivity contribution in [1.82, 2.24) is 9.97 Å². The molecule has 0 amide bonds. The second-order valence-electron chi connectivity index (χ2n) is 6.37. The van der Waals surface area contributed by atoms with E-state index in [0.29, 0.717) is 0 Å². The van der Waals surface area contributed by atoms with E-state index in [4.69, 9.17) is 4.42 Å². The summed E-state index contributed by atoms with van der Waals surface area (Å²) in [6.45, 7) is 0. The highest BCUT2D eigenvalue weighted by Gasteiger charge is 2.12. The number of furan rings is 1. The van der Waals surface area contributed by atoms with Crippen molar-refractivity contribution in [3.8, 4) is 11.3 Å². The predicted molar refractivity (Wildman–Crippen MR) is 106 cm³/mol. The molecule has 0 unspecified atom stereocenters. The fourth-order valence-corrected chi connectivity index (χ4v) is 3.34. The Bertz CT molecular complexity index is 1170. The van der Waals surface area contributed by atoms with Gasteiger partial charge in [0.05, 0.1) is 5.69 Å². The molecule has 0 aliphatic rings. The number of hydrogen-bond acceptors (Lipinski definition) is 3. The number of nitrogens with one attached hydrogen (secondary N) is 1. The first kappa shape index (κ1) is 14.8. The van der Waals surface area contributed by atoms with Gasteiger partial charge in [0.15, 0.2) is 0 Å². The molecule has 0 radical (unpaired) electrons. The quantitative estimate of drug-likeness (QED) is 0.455. The van der Waals surface area contributed by atoms with E-state index in [2.05, 4.69) is 58.3 Å². The number of rotatable bonds is 3. The lowest BCUT2D eigenvalue weighted by atomic mass is 10.0. The standard InChI is InChI=1S/C22H17N3O/c1-25(18-8-9-23-13-18)17-7-6-16-12-24-14-20(19(16)11-17)22-10-15-4-2-3-5-21(15)26-22/h2-14,23H,1H3. The molecule has 3 aromatic heterocycles. The van der Waals surface area contributed by atoms with Crippen molar-refractivity contribution in [2.24, 2.45) is 0 Å². The zero-order chi connectivity index (χ0) is 17.5. The molecule has 5 rings (SSSR count). The third kappa shape index (κ3) is 2.35. The van der Waals surface area contributed by atoms with Crippen molar-refractivity contribution < 1.29 is 4.42 Å². The minimum absolute atomic E-state index is 0.839. The Morgan fingerprint density at radius 3 is 2.69 bits per heavy atom. The summed E-state index contributed by atoms with van der Waals surface area (Å²) < 4.78 is 6.08. The van der Waals surface area contributed by atoms with Crippen LogP contribution in [0.1, 0.15) is 0 Å². The Morgan fingerprint density at radius 1 is 0.923 bits per heavy atom. The van der Waals surface area contributed by atoms with Gasteiger partial charge in [-0.05, 0) is 35.7 Å². The molecule has 3 heterocycles. The normalized spacial score (nSPS) is 11.3. The number of nitrogens with zero attached hydrogens (tertiary/aromatic N) is 2. The molecule has 0 spiro atoms. The van der Waals surface area contributed by atoms with Gasteiger partial charge in [-0.1, -0.05) is 24.3 Å². The number of anilines is 2. The van der Waals surface area contributed by atoms with E-state index in [1.54, 1.807) is 0 Å². The maximum atomic E-state index is 6.08. The van der Waals surface area contributed by atoms with E-state index in [1.807, 2.05) is 43.0 Å². The van der Waals surface area contributed by atoms with Crippen LogP contribution in [0.15, 0.2) is 83.8 Å². The van der Waals surface area contributed by atoms with Crippen LogP contribution >= 0.6 is 0 Å². The topological polar surface area (TPSA) is 45.1 Å². The van der Waals surface area contributed by atoms with Gasteiger partial charge in [-0.2, -0.15) is 0 Å². The second-order valence-corrected chi connectivity index (χ2v) is 6.37. The third-order valence-electron chi connectivity index (χ3n) is 4.79. The number of fused-ring (bicyclic) bond motifs is 2. The van der Waals surface area contributed by atoms with Gasteiger partial charge in [0.2, 0.25) is 0 Å². The summed E-state index contributed by atoms with van der Waals surface area (Å²) in [7, 11) is 2.06. The molecule has 0 aliphatic carbocycles. The Kier molecular flexibility index (Phi) is 3.28. The van der Waals surface area contributed by atoms with E-state index in [-0.39, 0.29) is 0 Å². The number of hydrogen-bond donors (Lipinski definition) is 1. The molecule has 126 valence electrons. The van der Waals surface area contributed by atoms with Gasteiger partial charge in [-0.3, -0.25) is 4.98 Å². The molecule has 0 atom stereocenters. The lowest BCUT2D eigenvalue weighted by molar-refractivity contribution is 0.632. The van der Waals surface area contributed by atoms with Crippen molar-refractivity contribution in [1.29, 1.82) is 0 Å². The predicted octanol–water partition coefficient (Wildman–Crippen LogP) is 5.74. The Hall–Kier alpha value is -3.53. The first-order chi connectivity index (χ1) is 12.8. The van der Waals surface area contributed by atoms with E-state index in [0.717, 1.165) is 44.4 Å². The smallest absolute Gasteiger partial charge is 0.137 e. The summed E-state index contributed by atoms with van der Waals surface area (Å²) in [5, 5.41) is 3.31. The molecule has 0 saturated carbocycles. The summed E-state index contributed by atoms with van der Waals surface area (Å²) in [5.74, 6) is 0.839. The lowest BCUT2D eigenvalue weighted by Gasteiger charge is -2.18. The minimum Gasteiger partial charge on any atom is -0.456 e. The fourth-order valence-electron chi connectivity index (χ4n) is 3.34. The van der Waals surface area contributed by atoms with Crippen LogP contribution in [0, 0.1) is 0 Å². The Labute approximate surface area is 150 Å². The Balaban J connectivity index is 1.68. The van der Waals surface area contributed by atoms with E-state index < -0.39 is 0 Å². The molecule has 4 heteroatoms. The van der Waals surface area contributed by atoms with Crippen LogP contribution in [-0.2, 0) is 0 Å². The van der Waals surface area contributed by atoms with Crippen LogP contribution in [0.4, 0.5) is 11.4 Å². The third-order valence-corrected chi connectivity index (χ3v) is 4.79. The average molecular weight is 339 g/mol. The summed E-state index contributed by atoms with van der Waals surface area (Å²) in [6.07, 6.45) is 7.68.